The molecule has 2 saturated heterocycles. The minimum atomic E-state index is -1.09. The number of amides is 2. The molecule has 6 rings (SSSR count). The van der Waals surface area contributed by atoms with Gasteiger partial charge in [0.1, 0.15) is 5.52 Å². The molecular weight excluding hydrogens is 509 g/mol. The number of rotatable bonds is 5. The van der Waals surface area contributed by atoms with Crippen LogP contribution in [0.15, 0.2) is 47.0 Å². The van der Waals surface area contributed by atoms with Crippen LogP contribution in [0.25, 0.3) is 22.2 Å². The fourth-order valence-electron chi connectivity index (χ4n) is 4.89. The van der Waals surface area contributed by atoms with Gasteiger partial charge in [0, 0.05) is 48.6 Å². The van der Waals surface area contributed by atoms with E-state index in [4.69, 9.17) is 19.1 Å². The summed E-state index contributed by atoms with van der Waals surface area (Å²) >= 11 is 0. The fraction of sp³-hybridized carbons (Fsp3) is 0.346. The number of nitrogens with one attached hydrogen (secondary N) is 2. The van der Waals surface area contributed by atoms with Crippen molar-refractivity contribution < 1.29 is 28.2 Å². The Bertz CT molecular complexity index is 1500. The molecule has 2 N–H and O–H groups in total. The smallest absolute Gasteiger partial charge is 0.379 e. The average molecular weight is 536 g/mol. The summed E-state index contributed by atoms with van der Waals surface area (Å²) in [6, 6.07) is 9.16. The number of morpholine rings is 1. The summed E-state index contributed by atoms with van der Waals surface area (Å²) in [6.45, 7) is 3.97. The molecule has 0 bridgehead atoms. The van der Waals surface area contributed by atoms with Crippen LogP contribution in [0.2, 0.25) is 0 Å². The van der Waals surface area contributed by atoms with Crippen LogP contribution >= 0.6 is 0 Å². The van der Waals surface area contributed by atoms with Crippen LogP contribution < -0.4 is 20.4 Å². The van der Waals surface area contributed by atoms with Crippen LogP contribution in [-0.4, -0.2) is 72.4 Å². The van der Waals surface area contributed by atoms with E-state index < -0.39 is 5.97 Å². The average Bonchev–Trinajstić information content (AvgIpc) is 3.36. The number of aromatic nitrogens is 3. The number of urea groups is 1. The van der Waals surface area contributed by atoms with Crippen molar-refractivity contribution in [2.24, 2.45) is 0 Å². The zero-order valence-electron chi connectivity index (χ0n) is 20.9. The third-order valence-electron chi connectivity index (χ3n) is 6.93. The number of ether oxygens (including phenoxy) is 1. The molecule has 39 heavy (non-hydrogen) atoms. The van der Waals surface area contributed by atoms with E-state index in [1.165, 1.54) is 24.3 Å². The van der Waals surface area contributed by atoms with Gasteiger partial charge in [0.05, 0.1) is 24.2 Å². The molecule has 0 radical (unpaired) electrons. The highest BCUT2D eigenvalue weighted by Gasteiger charge is 2.27. The van der Waals surface area contributed by atoms with E-state index in [0.29, 0.717) is 75.2 Å². The van der Waals surface area contributed by atoms with Crippen molar-refractivity contribution in [3.8, 4) is 0 Å². The lowest BCUT2D eigenvalue weighted by molar-refractivity contribution is -0.0788. The number of halogens is 1. The number of benzene rings is 1. The molecule has 0 atom stereocenters. The maximum Gasteiger partial charge on any atom is 0.379 e. The minimum Gasteiger partial charge on any atom is -0.432 e. The summed E-state index contributed by atoms with van der Waals surface area (Å²) in [7, 11) is 0. The predicted molar refractivity (Wildman–Crippen MR) is 140 cm³/mol. The van der Waals surface area contributed by atoms with Gasteiger partial charge in [0.15, 0.2) is 11.4 Å². The molecule has 202 valence electrons. The van der Waals surface area contributed by atoms with Crippen LogP contribution in [0, 0.1) is 0 Å². The normalized spacial score (nSPS) is 16.4. The van der Waals surface area contributed by atoms with Gasteiger partial charge in [0.2, 0.25) is 11.7 Å². The van der Waals surface area contributed by atoms with Crippen LogP contribution in [0.3, 0.4) is 0 Å². The number of carbonyl (C=O) groups is 2. The maximum absolute atomic E-state index is 12.5. The summed E-state index contributed by atoms with van der Waals surface area (Å²) in [6.07, 6.45) is 3.10. The van der Waals surface area contributed by atoms with Gasteiger partial charge in [-0.15, -0.1) is 0 Å². The lowest BCUT2D eigenvalue weighted by atomic mass is 10.1. The Morgan fingerprint density at radius 2 is 1.77 bits per heavy atom. The van der Waals surface area contributed by atoms with Crippen molar-refractivity contribution in [3.63, 3.8) is 0 Å². The molecule has 2 amide bonds. The summed E-state index contributed by atoms with van der Waals surface area (Å²) in [5.41, 5.74) is 2.40. The van der Waals surface area contributed by atoms with Crippen LogP contribution in [0.5, 0.6) is 0 Å². The molecule has 13 heteroatoms. The van der Waals surface area contributed by atoms with Crippen molar-refractivity contribution in [1.29, 1.82) is 0 Å². The second kappa shape index (κ2) is 10.7. The Labute approximate surface area is 222 Å². The number of piperidine rings is 1. The third kappa shape index (κ3) is 5.12. The zero-order chi connectivity index (χ0) is 26.8. The standard InChI is InChI=1S/C26H26FN7O5/c27-39-24(35)16-3-5-17(6-4-16)29-26(36)30-18-7-10-34(11-8-18)25-31-20-19-2-1-9-28-23(19)38-21(20)22(32-25)33-12-14-37-15-13-33/h1-6,9,18H,7-8,10-15H2,(H2,29,30,36). The molecular formula is C26H26FN7O5. The Balaban J connectivity index is 1.14. The SMILES string of the molecule is O=C(Nc1ccc(C(=O)OF)cc1)NC1CCN(c2nc(N3CCOCC3)c3oc4ncccc4c3n2)CC1. The molecule has 2 aliphatic rings. The molecule has 2 aliphatic heterocycles. The predicted octanol–water partition coefficient (Wildman–Crippen LogP) is 3.44. The number of hydrogen-bond donors (Lipinski definition) is 2. The molecule has 12 nitrogen and oxygen atoms in total. The molecule has 5 heterocycles. The van der Waals surface area contributed by atoms with Crippen molar-refractivity contribution in [2.45, 2.75) is 18.9 Å². The van der Waals surface area contributed by atoms with E-state index in [2.05, 4.69) is 30.4 Å². The van der Waals surface area contributed by atoms with Gasteiger partial charge in [-0.05, 0) is 49.2 Å². The molecule has 1 aromatic carbocycles. The fourth-order valence-corrected chi connectivity index (χ4v) is 4.89. The van der Waals surface area contributed by atoms with Crippen LogP contribution in [-0.2, 0) is 9.68 Å². The van der Waals surface area contributed by atoms with E-state index >= 15 is 0 Å². The van der Waals surface area contributed by atoms with Gasteiger partial charge in [0.25, 0.3) is 0 Å². The van der Waals surface area contributed by atoms with E-state index in [1.807, 2.05) is 12.1 Å². The lowest BCUT2D eigenvalue weighted by Gasteiger charge is -2.33. The number of furan rings is 1. The summed E-state index contributed by atoms with van der Waals surface area (Å²) < 4.78 is 23.7. The second-order valence-electron chi connectivity index (χ2n) is 9.38. The largest absolute Gasteiger partial charge is 0.432 e. The van der Waals surface area contributed by atoms with Crippen molar-refractivity contribution in [2.75, 3.05) is 54.5 Å². The number of pyridine rings is 1. The molecule has 3 aromatic heterocycles. The quantitative estimate of drug-likeness (QED) is 0.391. The molecule has 4 aromatic rings. The second-order valence-corrected chi connectivity index (χ2v) is 9.38. The molecule has 0 saturated carbocycles. The first-order chi connectivity index (χ1) is 19.1. The van der Waals surface area contributed by atoms with Gasteiger partial charge in [-0.1, -0.05) is 0 Å². The molecule has 0 spiro atoms. The maximum atomic E-state index is 12.5. The summed E-state index contributed by atoms with van der Waals surface area (Å²) in [5, 5.41) is 6.56. The topological polar surface area (TPSA) is 135 Å². The van der Waals surface area contributed by atoms with Crippen molar-refractivity contribution in [3.05, 3.63) is 48.2 Å². The Kier molecular flexibility index (Phi) is 6.80. The van der Waals surface area contributed by atoms with Crippen molar-refractivity contribution >= 4 is 51.7 Å². The van der Waals surface area contributed by atoms with Gasteiger partial charge in [-0.3, -0.25) is 0 Å². The van der Waals surface area contributed by atoms with Gasteiger partial charge >= 0.3 is 12.0 Å². The number of hydrogen-bond acceptors (Lipinski definition) is 10. The Hall–Kier alpha value is -4.52. The Morgan fingerprint density at radius 1 is 1.00 bits per heavy atom. The summed E-state index contributed by atoms with van der Waals surface area (Å²) in [4.78, 5) is 45.4. The van der Waals surface area contributed by atoms with Gasteiger partial charge < -0.3 is 29.6 Å². The van der Waals surface area contributed by atoms with E-state index in [-0.39, 0.29) is 17.6 Å². The van der Waals surface area contributed by atoms with E-state index in [1.54, 1.807) is 6.20 Å². The number of fused-ring (bicyclic) bond motifs is 3. The molecule has 2 fully saturated rings. The lowest BCUT2D eigenvalue weighted by Crippen LogP contribution is -2.46. The van der Waals surface area contributed by atoms with Crippen LogP contribution in [0.4, 0.5) is 26.8 Å². The van der Waals surface area contributed by atoms with E-state index in [9.17, 15) is 14.1 Å². The number of nitrogens with zero attached hydrogens (tertiary/aromatic N) is 5. The van der Waals surface area contributed by atoms with Crippen LogP contribution in [0.1, 0.15) is 23.2 Å². The minimum absolute atomic E-state index is 0.0385. The zero-order valence-corrected chi connectivity index (χ0v) is 20.9. The highest BCUT2D eigenvalue weighted by molar-refractivity contribution is 6.05. The third-order valence-corrected chi connectivity index (χ3v) is 6.93. The summed E-state index contributed by atoms with van der Waals surface area (Å²) in [5.74, 6) is 0.266. The first kappa shape index (κ1) is 24.8. The van der Waals surface area contributed by atoms with E-state index in [0.717, 1.165) is 16.7 Å². The van der Waals surface area contributed by atoms with Crippen molar-refractivity contribution in [1.82, 2.24) is 20.3 Å². The Morgan fingerprint density at radius 3 is 2.51 bits per heavy atom. The molecule has 0 aliphatic carbocycles. The number of carbonyl (C=O) groups excluding carboxylic acids is 2. The first-order valence-corrected chi connectivity index (χ1v) is 12.7. The molecule has 0 unspecified atom stereocenters. The monoisotopic (exact) mass is 535 g/mol. The van der Waals surface area contributed by atoms with Gasteiger partial charge in [-0.25, -0.2) is 24.5 Å². The highest BCUT2D eigenvalue weighted by Crippen LogP contribution is 2.34. The first-order valence-electron chi connectivity index (χ1n) is 12.7. The van der Waals surface area contributed by atoms with Gasteiger partial charge in [-0.2, -0.15) is 4.98 Å². The number of anilines is 3. The highest BCUT2D eigenvalue weighted by atomic mass is 19.3.